The monoisotopic (exact) mass is 478 g/mol. The van der Waals surface area contributed by atoms with Crippen molar-refractivity contribution in [3.05, 3.63) is 113 Å². The number of anilines is 1. The molecule has 0 bridgehead atoms. The Morgan fingerprint density at radius 2 is 1.56 bits per heavy atom. The first-order valence-electron chi connectivity index (χ1n) is 11.3. The van der Waals surface area contributed by atoms with Crippen molar-refractivity contribution < 1.29 is 14.7 Å². The minimum Gasteiger partial charge on any atom is -0.507 e. The normalized spacial score (nSPS) is 11.4. The number of carbonyl (C=O) groups is 2. The van der Waals surface area contributed by atoms with Crippen LogP contribution < -0.4 is 15.6 Å². The van der Waals surface area contributed by atoms with Gasteiger partial charge in [0.15, 0.2) is 0 Å². The lowest BCUT2D eigenvalue weighted by atomic mass is 10.0. The molecule has 0 aliphatic carbocycles. The second-order valence-corrected chi connectivity index (χ2v) is 8.28. The van der Waals surface area contributed by atoms with Gasteiger partial charge >= 0.3 is 0 Å². The van der Waals surface area contributed by atoms with Crippen LogP contribution in [0, 0.1) is 0 Å². The Morgan fingerprint density at radius 3 is 2.28 bits per heavy atom. The summed E-state index contributed by atoms with van der Waals surface area (Å²) in [7, 11) is 3.88. The molecule has 7 nitrogen and oxygen atoms in total. The highest BCUT2D eigenvalue weighted by molar-refractivity contribution is 6.06. The van der Waals surface area contributed by atoms with Gasteiger partial charge in [-0.1, -0.05) is 60.7 Å². The fourth-order valence-corrected chi connectivity index (χ4v) is 3.61. The molecule has 0 saturated heterocycles. The van der Waals surface area contributed by atoms with E-state index in [1.54, 1.807) is 36.4 Å². The standard InChI is InChI=1S/C29H26N4O3/c1-33(2)23-15-12-20(13-16-23)18-26(31-28(35)22-9-4-3-5-10-22)29(36)32-30-19-25-24-11-7-6-8-21(24)14-17-27(25)34/h3-19,34H,1-2H3,(H,31,35)(H,32,36)/b26-18-,30-19+. The lowest BCUT2D eigenvalue weighted by Crippen LogP contribution is -2.32. The number of nitrogens with zero attached hydrogens (tertiary/aromatic N) is 2. The molecule has 180 valence electrons. The molecule has 4 rings (SSSR count). The average Bonchev–Trinajstić information content (AvgIpc) is 2.90. The van der Waals surface area contributed by atoms with Crippen LogP contribution in [0.3, 0.4) is 0 Å². The number of carbonyl (C=O) groups excluding carboxylic acids is 2. The van der Waals surface area contributed by atoms with Crippen molar-refractivity contribution in [1.82, 2.24) is 10.7 Å². The van der Waals surface area contributed by atoms with Crippen molar-refractivity contribution in [3.63, 3.8) is 0 Å². The van der Waals surface area contributed by atoms with Crippen LogP contribution in [0.1, 0.15) is 21.5 Å². The molecule has 2 amide bonds. The zero-order chi connectivity index (χ0) is 25.5. The van der Waals surface area contributed by atoms with Crippen molar-refractivity contribution in [2.75, 3.05) is 19.0 Å². The number of rotatable bonds is 7. The third-order valence-electron chi connectivity index (χ3n) is 5.56. The molecule has 0 radical (unpaired) electrons. The van der Waals surface area contributed by atoms with E-state index in [9.17, 15) is 14.7 Å². The first kappa shape index (κ1) is 24.2. The number of hydrogen-bond donors (Lipinski definition) is 3. The van der Waals surface area contributed by atoms with Crippen molar-refractivity contribution in [3.8, 4) is 5.75 Å². The summed E-state index contributed by atoms with van der Waals surface area (Å²) in [6.07, 6.45) is 2.97. The highest BCUT2D eigenvalue weighted by Crippen LogP contribution is 2.25. The highest BCUT2D eigenvalue weighted by Gasteiger charge is 2.14. The van der Waals surface area contributed by atoms with Gasteiger partial charge in [0.1, 0.15) is 11.4 Å². The van der Waals surface area contributed by atoms with Gasteiger partial charge in [-0.15, -0.1) is 0 Å². The molecule has 0 aliphatic heterocycles. The van der Waals surface area contributed by atoms with Crippen LogP contribution in [0.2, 0.25) is 0 Å². The van der Waals surface area contributed by atoms with Gasteiger partial charge in [-0.3, -0.25) is 9.59 Å². The van der Waals surface area contributed by atoms with Crippen molar-refractivity contribution in [2.45, 2.75) is 0 Å². The van der Waals surface area contributed by atoms with Crippen molar-refractivity contribution >= 4 is 40.6 Å². The molecule has 0 aliphatic rings. The summed E-state index contributed by atoms with van der Waals surface area (Å²) < 4.78 is 0. The number of hydrogen-bond acceptors (Lipinski definition) is 5. The second-order valence-electron chi connectivity index (χ2n) is 8.28. The van der Waals surface area contributed by atoms with E-state index in [0.29, 0.717) is 11.1 Å². The van der Waals surface area contributed by atoms with Crippen LogP contribution in [-0.2, 0) is 4.79 Å². The van der Waals surface area contributed by atoms with Crippen molar-refractivity contribution in [1.29, 1.82) is 0 Å². The Morgan fingerprint density at radius 1 is 0.861 bits per heavy atom. The van der Waals surface area contributed by atoms with E-state index >= 15 is 0 Å². The number of benzene rings is 4. The van der Waals surface area contributed by atoms with Gasteiger partial charge < -0.3 is 15.3 Å². The molecular formula is C29H26N4O3. The lowest BCUT2D eigenvalue weighted by Gasteiger charge is -2.13. The molecular weight excluding hydrogens is 452 g/mol. The maximum absolute atomic E-state index is 13.0. The predicted octanol–water partition coefficient (Wildman–Crippen LogP) is 4.53. The Bertz CT molecular complexity index is 1440. The topological polar surface area (TPSA) is 94.0 Å². The van der Waals surface area contributed by atoms with Crippen LogP contribution in [0.5, 0.6) is 5.75 Å². The second kappa shape index (κ2) is 11.0. The summed E-state index contributed by atoms with van der Waals surface area (Å²) >= 11 is 0. The zero-order valence-electron chi connectivity index (χ0n) is 20.0. The van der Waals surface area contributed by atoms with Gasteiger partial charge in [-0.05, 0) is 52.7 Å². The first-order valence-corrected chi connectivity index (χ1v) is 11.3. The summed E-state index contributed by atoms with van der Waals surface area (Å²) in [5, 5.41) is 18.8. The maximum atomic E-state index is 13.0. The van der Waals surface area contributed by atoms with Crippen LogP contribution in [0.15, 0.2) is 102 Å². The number of fused-ring (bicyclic) bond motifs is 1. The molecule has 4 aromatic rings. The number of phenols is 1. The number of aromatic hydroxyl groups is 1. The van der Waals surface area contributed by atoms with E-state index in [2.05, 4.69) is 15.8 Å². The summed E-state index contributed by atoms with van der Waals surface area (Å²) in [6.45, 7) is 0. The minimum absolute atomic E-state index is 0.0285. The van der Waals surface area contributed by atoms with E-state index in [0.717, 1.165) is 22.0 Å². The van der Waals surface area contributed by atoms with E-state index in [4.69, 9.17) is 0 Å². The zero-order valence-corrected chi connectivity index (χ0v) is 20.0. The van der Waals surface area contributed by atoms with Crippen LogP contribution >= 0.6 is 0 Å². The van der Waals surface area contributed by atoms with Crippen molar-refractivity contribution in [2.24, 2.45) is 5.10 Å². The molecule has 0 aromatic heterocycles. The third-order valence-corrected chi connectivity index (χ3v) is 5.56. The number of amides is 2. The molecule has 3 N–H and O–H groups in total. The van der Waals surface area contributed by atoms with E-state index in [1.165, 1.54) is 6.21 Å². The Hall–Kier alpha value is -4.91. The summed E-state index contributed by atoms with van der Waals surface area (Å²) in [4.78, 5) is 27.8. The number of phenolic OH excluding ortho intramolecular Hbond substituents is 1. The summed E-state index contributed by atoms with van der Waals surface area (Å²) in [5.74, 6) is -0.981. The van der Waals surface area contributed by atoms with Gasteiger partial charge in [-0.25, -0.2) is 5.43 Å². The molecule has 0 unspecified atom stereocenters. The van der Waals surface area contributed by atoms with Crippen LogP contribution in [0.4, 0.5) is 5.69 Å². The lowest BCUT2D eigenvalue weighted by molar-refractivity contribution is -0.117. The minimum atomic E-state index is -0.605. The Labute approximate surface area is 209 Å². The SMILES string of the molecule is CN(C)c1ccc(/C=C(\NC(=O)c2ccccc2)C(=O)N/N=C/c2c(O)ccc3ccccc23)cc1. The fourth-order valence-electron chi connectivity index (χ4n) is 3.61. The largest absolute Gasteiger partial charge is 0.507 e. The van der Waals surface area contributed by atoms with Gasteiger partial charge in [0, 0.05) is 30.9 Å². The van der Waals surface area contributed by atoms with Gasteiger partial charge in [0.2, 0.25) is 0 Å². The summed E-state index contributed by atoms with van der Waals surface area (Å²) in [6, 6.07) is 27.1. The predicted molar refractivity (Wildman–Crippen MR) is 144 cm³/mol. The van der Waals surface area contributed by atoms with Gasteiger partial charge in [0.25, 0.3) is 11.8 Å². The smallest absolute Gasteiger partial charge is 0.287 e. The molecule has 0 fully saturated rings. The maximum Gasteiger partial charge on any atom is 0.287 e. The van der Waals surface area contributed by atoms with E-state index in [1.807, 2.05) is 79.7 Å². The number of hydrazone groups is 1. The molecule has 0 atom stereocenters. The van der Waals surface area contributed by atoms with Gasteiger partial charge in [-0.2, -0.15) is 5.10 Å². The molecule has 36 heavy (non-hydrogen) atoms. The third kappa shape index (κ3) is 5.77. The average molecular weight is 479 g/mol. The van der Waals surface area contributed by atoms with Crippen LogP contribution in [-0.4, -0.2) is 37.2 Å². The summed E-state index contributed by atoms with van der Waals surface area (Å²) in [5.41, 5.74) is 5.12. The van der Waals surface area contributed by atoms with E-state index < -0.39 is 11.8 Å². The van der Waals surface area contributed by atoms with Gasteiger partial charge in [0.05, 0.1) is 6.21 Å². The molecule has 0 heterocycles. The number of nitrogens with one attached hydrogen (secondary N) is 2. The molecule has 0 saturated carbocycles. The quantitative estimate of drug-likeness (QED) is 0.207. The molecule has 7 heteroatoms. The van der Waals surface area contributed by atoms with Crippen LogP contribution in [0.25, 0.3) is 16.8 Å². The molecule has 4 aromatic carbocycles. The highest BCUT2D eigenvalue weighted by atomic mass is 16.3. The van der Waals surface area contributed by atoms with E-state index in [-0.39, 0.29) is 11.4 Å². The fraction of sp³-hybridized carbons (Fsp3) is 0.0690. The Kier molecular flexibility index (Phi) is 7.41. The molecule has 0 spiro atoms. The first-order chi connectivity index (χ1) is 17.4. The Balaban J connectivity index is 1.59.